The summed E-state index contributed by atoms with van der Waals surface area (Å²) in [5, 5.41) is 10.2. The van der Waals surface area contributed by atoms with Crippen molar-refractivity contribution < 1.29 is 32.2 Å². The number of nitrogens with one attached hydrogen (secondary N) is 1. The molecule has 0 spiro atoms. The van der Waals surface area contributed by atoms with Gasteiger partial charge in [0.05, 0.1) is 25.6 Å². The van der Waals surface area contributed by atoms with Gasteiger partial charge in [-0.15, -0.1) is 0 Å². The third kappa shape index (κ3) is 17.4. The quantitative estimate of drug-likeness (QED) is 0.102. The zero-order chi connectivity index (χ0) is 27.4. The van der Waals surface area contributed by atoms with Crippen molar-refractivity contribution in [2.75, 3.05) is 19.0 Å². The molecule has 8 nitrogen and oxygen atoms in total. The van der Waals surface area contributed by atoms with Gasteiger partial charge in [0.1, 0.15) is 0 Å². The Morgan fingerprint density at radius 3 is 2.05 bits per heavy atom. The van der Waals surface area contributed by atoms with E-state index in [1.807, 2.05) is 30.3 Å². The van der Waals surface area contributed by atoms with Crippen LogP contribution in [0.2, 0.25) is 0 Å². The van der Waals surface area contributed by atoms with E-state index in [1.165, 1.54) is 25.7 Å². The van der Waals surface area contributed by atoms with E-state index >= 15 is 0 Å². The van der Waals surface area contributed by atoms with Gasteiger partial charge in [-0.1, -0.05) is 115 Å². The molecular formula is C27H50NO7PS. The normalized spacial score (nSPS) is 15.4. The van der Waals surface area contributed by atoms with Gasteiger partial charge in [-0.25, -0.2) is 13.1 Å². The molecule has 0 saturated carbocycles. The molecule has 0 fully saturated rings. The van der Waals surface area contributed by atoms with Gasteiger partial charge in [0.25, 0.3) is 0 Å². The Labute approximate surface area is 225 Å². The minimum absolute atomic E-state index is 0.0279. The first-order chi connectivity index (χ1) is 17.7. The molecule has 1 aromatic carbocycles. The Balaban J connectivity index is 2.50. The van der Waals surface area contributed by atoms with Crippen molar-refractivity contribution in [2.45, 2.75) is 116 Å². The van der Waals surface area contributed by atoms with Crippen LogP contribution in [0.15, 0.2) is 30.3 Å². The number of hydrogen-bond donors (Lipinski definition) is 3. The topological polar surface area (TPSA) is 122 Å². The fourth-order valence-electron chi connectivity index (χ4n) is 3.97. The minimum Gasteiger partial charge on any atom is -0.378 e. The number of aliphatic hydroxyl groups is 1. The Hall–Kier alpha value is -0.800. The molecule has 0 aliphatic carbocycles. The van der Waals surface area contributed by atoms with Crippen LogP contribution in [-0.2, 0) is 30.5 Å². The summed E-state index contributed by atoms with van der Waals surface area (Å²) in [6.07, 6.45) is 12.8. The number of ether oxygens (including phenoxy) is 1. The number of hydrogen-bond acceptors (Lipinski definition) is 6. The van der Waals surface area contributed by atoms with Gasteiger partial charge in [-0.2, -0.15) is 0 Å². The minimum atomic E-state index is -4.42. The van der Waals surface area contributed by atoms with Gasteiger partial charge in [-0.3, -0.25) is 4.57 Å². The fourth-order valence-corrected chi connectivity index (χ4v) is 6.22. The van der Waals surface area contributed by atoms with Crippen molar-refractivity contribution in [3.05, 3.63) is 35.9 Å². The summed E-state index contributed by atoms with van der Waals surface area (Å²) in [4.78, 5) is 10.2. The Kier molecular flexibility index (Phi) is 18.6. The monoisotopic (exact) mass is 563 g/mol. The highest BCUT2D eigenvalue weighted by molar-refractivity contribution is 7.89. The first kappa shape index (κ1) is 34.2. The van der Waals surface area contributed by atoms with Crippen LogP contribution < -0.4 is 4.72 Å². The molecule has 2 unspecified atom stereocenters. The molecule has 0 amide bonds. The van der Waals surface area contributed by atoms with Crippen molar-refractivity contribution in [2.24, 2.45) is 0 Å². The Morgan fingerprint density at radius 1 is 0.865 bits per heavy atom. The van der Waals surface area contributed by atoms with E-state index in [2.05, 4.69) is 18.6 Å². The zero-order valence-corrected chi connectivity index (χ0v) is 24.6. The molecule has 1 aromatic rings. The summed E-state index contributed by atoms with van der Waals surface area (Å²) in [6.45, 7) is 3.82. The number of rotatable bonds is 24. The smallest absolute Gasteiger partial charge is 0.358 e. The van der Waals surface area contributed by atoms with E-state index in [4.69, 9.17) is 9.26 Å². The lowest BCUT2D eigenvalue weighted by atomic mass is 10.1. The molecule has 3 atom stereocenters. The molecule has 10 heteroatoms. The zero-order valence-electron chi connectivity index (χ0n) is 22.9. The van der Waals surface area contributed by atoms with Crippen molar-refractivity contribution in [3.8, 4) is 0 Å². The second-order valence-electron chi connectivity index (χ2n) is 9.80. The maximum absolute atomic E-state index is 12.7. The average molecular weight is 564 g/mol. The molecule has 0 heterocycles. The first-order valence-electron chi connectivity index (χ1n) is 14.0. The molecule has 0 aromatic heterocycles. The molecule has 0 saturated heterocycles. The van der Waals surface area contributed by atoms with E-state index in [-0.39, 0.29) is 25.6 Å². The predicted molar refractivity (Wildman–Crippen MR) is 150 cm³/mol. The molecule has 216 valence electrons. The van der Waals surface area contributed by atoms with Gasteiger partial charge in [0.2, 0.25) is 10.0 Å². The predicted octanol–water partition coefficient (Wildman–Crippen LogP) is 6.12. The molecule has 37 heavy (non-hydrogen) atoms. The lowest BCUT2D eigenvalue weighted by molar-refractivity contribution is 0.0471. The molecule has 0 aliphatic rings. The van der Waals surface area contributed by atoms with Gasteiger partial charge in [-0.05, 0) is 18.4 Å². The third-order valence-corrected chi connectivity index (χ3v) is 9.17. The van der Waals surface area contributed by atoms with E-state index < -0.39 is 29.5 Å². The van der Waals surface area contributed by atoms with E-state index in [1.54, 1.807) is 0 Å². The van der Waals surface area contributed by atoms with Crippen molar-refractivity contribution in [1.82, 2.24) is 4.72 Å². The number of aliphatic hydroxyl groups excluding tert-OH is 1. The number of unbranched alkanes of at least 4 members (excludes halogenated alkanes) is 10. The van der Waals surface area contributed by atoms with Crippen LogP contribution >= 0.6 is 7.60 Å². The van der Waals surface area contributed by atoms with Crippen molar-refractivity contribution in [3.63, 3.8) is 0 Å². The fraction of sp³-hybridized carbons (Fsp3) is 0.778. The first-order valence-corrected chi connectivity index (χ1v) is 17.3. The summed E-state index contributed by atoms with van der Waals surface area (Å²) >= 11 is 0. The van der Waals surface area contributed by atoms with Crippen LogP contribution in [0.5, 0.6) is 0 Å². The SMILES string of the molecule is CCCCCCCCCCS(=O)(=O)N[C@@H](CCCCCC)COP(=O)(O)C(O)COCc1ccccc1. The van der Waals surface area contributed by atoms with E-state index in [0.717, 1.165) is 50.5 Å². The summed E-state index contributed by atoms with van der Waals surface area (Å²) < 4.78 is 51.1. The molecular weight excluding hydrogens is 513 g/mol. The summed E-state index contributed by atoms with van der Waals surface area (Å²) in [5.74, 6) is -1.69. The highest BCUT2D eigenvalue weighted by Gasteiger charge is 2.32. The molecule has 0 bridgehead atoms. The van der Waals surface area contributed by atoms with E-state index in [0.29, 0.717) is 12.8 Å². The lowest BCUT2D eigenvalue weighted by Gasteiger charge is -2.23. The van der Waals surface area contributed by atoms with Crippen LogP contribution in [-0.4, -0.2) is 49.3 Å². The van der Waals surface area contributed by atoms with Gasteiger partial charge >= 0.3 is 7.60 Å². The van der Waals surface area contributed by atoms with Crippen molar-refractivity contribution >= 4 is 17.6 Å². The molecule has 3 N–H and O–H groups in total. The van der Waals surface area contributed by atoms with Crippen molar-refractivity contribution in [1.29, 1.82) is 0 Å². The van der Waals surface area contributed by atoms with Crippen LogP contribution in [0.1, 0.15) is 103 Å². The Bertz CT molecular complexity index is 838. The largest absolute Gasteiger partial charge is 0.378 e. The second-order valence-corrected chi connectivity index (χ2v) is 13.7. The van der Waals surface area contributed by atoms with Gasteiger partial charge < -0.3 is 19.3 Å². The highest BCUT2D eigenvalue weighted by Crippen LogP contribution is 2.46. The number of sulfonamides is 1. The lowest BCUT2D eigenvalue weighted by Crippen LogP contribution is -2.39. The molecule has 1 rings (SSSR count). The van der Waals surface area contributed by atoms with Crippen LogP contribution in [0.3, 0.4) is 0 Å². The third-order valence-electron chi connectivity index (χ3n) is 6.23. The Morgan fingerprint density at radius 2 is 1.43 bits per heavy atom. The van der Waals surface area contributed by atoms with Crippen LogP contribution in [0, 0.1) is 0 Å². The molecule has 0 aliphatic heterocycles. The second kappa shape index (κ2) is 20.2. The molecule has 0 radical (unpaired) electrons. The highest BCUT2D eigenvalue weighted by atomic mass is 32.2. The summed E-state index contributed by atoms with van der Waals surface area (Å²) in [5.41, 5.74) is 0.876. The number of benzene rings is 1. The average Bonchev–Trinajstić information content (AvgIpc) is 2.87. The standard InChI is InChI=1S/C27H50NO7PS/c1-3-5-7-9-10-11-12-17-21-37(32,33)28-26(20-16-8-6-4-2)23-35-36(30,31)27(29)24-34-22-25-18-14-13-15-19-25/h13-15,18-19,26-29H,3-12,16-17,20-24H2,1-2H3,(H,30,31)/t26-,27?/m0/s1. The summed E-state index contributed by atoms with van der Waals surface area (Å²) in [7, 11) is -7.96. The van der Waals surface area contributed by atoms with Crippen LogP contribution in [0.4, 0.5) is 0 Å². The maximum atomic E-state index is 12.7. The maximum Gasteiger partial charge on any atom is 0.358 e. The van der Waals surface area contributed by atoms with Crippen LogP contribution in [0.25, 0.3) is 0 Å². The van der Waals surface area contributed by atoms with Gasteiger partial charge in [0, 0.05) is 6.04 Å². The summed E-state index contributed by atoms with van der Waals surface area (Å²) in [6, 6.07) is 8.65. The van der Waals surface area contributed by atoms with E-state index in [9.17, 15) is 23.0 Å². The van der Waals surface area contributed by atoms with Gasteiger partial charge in [0.15, 0.2) is 5.85 Å².